The van der Waals surface area contributed by atoms with Crippen LogP contribution in [0.1, 0.15) is 19.8 Å². The molecule has 1 atom stereocenters. The number of sulfonamides is 1. The molecule has 0 aliphatic heterocycles. The maximum Gasteiger partial charge on any atom is 0.211 e. The van der Waals surface area contributed by atoms with Gasteiger partial charge in [-0.3, -0.25) is 0 Å². The van der Waals surface area contributed by atoms with Crippen LogP contribution in [0.25, 0.3) is 0 Å². The van der Waals surface area contributed by atoms with Gasteiger partial charge in [0, 0.05) is 19.8 Å². The standard InChI is InChI=1S/C8H20N2O3S/c1-8(4-5-9)10-14(11,12)7-3-6-13-2/h8,10H,3-7,9H2,1-2H3. The van der Waals surface area contributed by atoms with E-state index in [1.807, 2.05) is 0 Å². The van der Waals surface area contributed by atoms with E-state index >= 15 is 0 Å². The Morgan fingerprint density at radius 2 is 2.14 bits per heavy atom. The zero-order valence-electron chi connectivity index (χ0n) is 8.82. The molecule has 5 nitrogen and oxygen atoms in total. The quantitative estimate of drug-likeness (QED) is 0.554. The summed E-state index contributed by atoms with van der Waals surface area (Å²) in [6.45, 7) is 2.76. The number of rotatable bonds is 8. The lowest BCUT2D eigenvalue weighted by atomic mass is 10.3. The zero-order valence-corrected chi connectivity index (χ0v) is 9.64. The van der Waals surface area contributed by atoms with Crippen LogP contribution in [0.3, 0.4) is 0 Å². The van der Waals surface area contributed by atoms with Crippen molar-refractivity contribution < 1.29 is 13.2 Å². The highest BCUT2D eigenvalue weighted by atomic mass is 32.2. The third kappa shape index (κ3) is 7.25. The molecule has 0 rings (SSSR count). The summed E-state index contributed by atoms with van der Waals surface area (Å²) in [5.74, 6) is 0.107. The Labute approximate surface area is 86.1 Å². The van der Waals surface area contributed by atoms with E-state index < -0.39 is 10.0 Å². The van der Waals surface area contributed by atoms with Gasteiger partial charge in [-0.1, -0.05) is 0 Å². The molecule has 0 aromatic heterocycles. The monoisotopic (exact) mass is 224 g/mol. The molecule has 14 heavy (non-hydrogen) atoms. The van der Waals surface area contributed by atoms with Gasteiger partial charge in [-0.15, -0.1) is 0 Å². The minimum Gasteiger partial charge on any atom is -0.385 e. The Kier molecular flexibility index (Phi) is 7.08. The fourth-order valence-electron chi connectivity index (χ4n) is 1.07. The van der Waals surface area contributed by atoms with E-state index in [2.05, 4.69) is 4.72 Å². The first-order valence-corrected chi connectivity index (χ1v) is 6.36. The average molecular weight is 224 g/mol. The van der Waals surface area contributed by atoms with E-state index in [-0.39, 0.29) is 11.8 Å². The van der Waals surface area contributed by atoms with E-state index in [1.54, 1.807) is 14.0 Å². The van der Waals surface area contributed by atoms with E-state index in [1.165, 1.54) is 0 Å². The van der Waals surface area contributed by atoms with Gasteiger partial charge in [0.05, 0.1) is 5.75 Å². The molecule has 0 saturated heterocycles. The van der Waals surface area contributed by atoms with Crippen LogP contribution in [0.2, 0.25) is 0 Å². The molecule has 0 radical (unpaired) electrons. The van der Waals surface area contributed by atoms with Crippen LogP contribution in [0.5, 0.6) is 0 Å². The van der Waals surface area contributed by atoms with Gasteiger partial charge < -0.3 is 10.5 Å². The van der Waals surface area contributed by atoms with Crippen molar-refractivity contribution in [2.45, 2.75) is 25.8 Å². The molecular weight excluding hydrogens is 204 g/mol. The summed E-state index contributed by atoms with van der Waals surface area (Å²) in [5, 5.41) is 0. The summed E-state index contributed by atoms with van der Waals surface area (Å²) in [6.07, 6.45) is 1.17. The highest BCUT2D eigenvalue weighted by Gasteiger charge is 2.12. The maximum absolute atomic E-state index is 11.4. The van der Waals surface area contributed by atoms with Gasteiger partial charge in [0.25, 0.3) is 0 Å². The van der Waals surface area contributed by atoms with Gasteiger partial charge in [0.15, 0.2) is 0 Å². The molecule has 0 aromatic carbocycles. The average Bonchev–Trinajstić information content (AvgIpc) is 2.03. The smallest absolute Gasteiger partial charge is 0.211 e. The van der Waals surface area contributed by atoms with Gasteiger partial charge in [-0.05, 0) is 26.3 Å². The minimum atomic E-state index is -3.16. The van der Waals surface area contributed by atoms with Crippen molar-refractivity contribution in [3.63, 3.8) is 0 Å². The van der Waals surface area contributed by atoms with Crippen LogP contribution in [-0.2, 0) is 14.8 Å². The topological polar surface area (TPSA) is 81.4 Å². The van der Waals surface area contributed by atoms with E-state index in [0.717, 1.165) is 0 Å². The summed E-state index contributed by atoms with van der Waals surface area (Å²) in [7, 11) is -1.61. The third-order valence-corrected chi connectivity index (χ3v) is 3.33. The van der Waals surface area contributed by atoms with Crippen molar-refractivity contribution in [1.82, 2.24) is 4.72 Å². The lowest BCUT2D eigenvalue weighted by Crippen LogP contribution is -2.35. The number of hydrogen-bond donors (Lipinski definition) is 2. The fraction of sp³-hybridized carbons (Fsp3) is 1.00. The molecule has 0 bridgehead atoms. The predicted octanol–water partition coefficient (Wildman–Crippen LogP) is -0.320. The Bertz CT molecular complexity index is 229. The molecule has 0 saturated carbocycles. The first-order valence-electron chi connectivity index (χ1n) is 4.71. The van der Waals surface area contributed by atoms with Crippen LogP contribution in [-0.4, -0.2) is 40.5 Å². The molecule has 0 aromatic rings. The SMILES string of the molecule is COCCCS(=O)(=O)NC(C)CCN. The summed E-state index contributed by atoms with van der Waals surface area (Å²) in [6, 6.07) is -0.0902. The number of nitrogens with one attached hydrogen (secondary N) is 1. The first-order chi connectivity index (χ1) is 6.52. The summed E-state index contributed by atoms with van der Waals surface area (Å²) >= 11 is 0. The summed E-state index contributed by atoms with van der Waals surface area (Å²) in [5.41, 5.74) is 5.32. The van der Waals surface area contributed by atoms with Crippen LogP contribution < -0.4 is 10.5 Å². The molecule has 86 valence electrons. The second-order valence-electron chi connectivity index (χ2n) is 3.26. The van der Waals surface area contributed by atoms with E-state index in [9.17, 15) is 8.42 Å². The van der Waals surface area contributed by atoms with E-state index in [0.29, 0.717) is 26.0 Å². The number of hydrogen-bond acceptors (Lipinski definition) is 4. The van der Waals surface area contributed by atoms with Crippen LogP contribution in [0, 0.1) is 0 Å². The Hall–Kier alpha value is -0.170. The molecular formula is C8H20N2O3S. The minimum absolute atomic E-state index is 0.0902. The molecule has 0 aliphatic rings. The molecule has 3 N–H and O–H groups in total. The van der Waals surface area contributed by atoms with Crippen LogP contribution in [0.15, 0.2) is 0 Å². The van der Waals surface area contributed by atoms with Crippen molar-refractivity contribution in [1.29, 1.82) is 0 Å². The second-order valence-corrected chi connectivity index (χ2v) is 5.13. The molecule has 0 fully saturated rings. The Morgan fingerprint density at radius 3 is 2.64 bits per heavy atom. The van der Waals surface area contributed by atoms with Crippen LogP contribution in [0.4, 0.5) is 0 Å². The van der Waals surface area contributed by atoms with Gasteiger partial charge in [-0.25, -0.2) is 13.1 Å². The van der Waals surface area contributed by atoms with Crippen molar-refractivity contribution in [3.05, 3.63) is 0 Å². The van der Waals surface area contributed by atoms with Gasteiger partial charge >= 0.3 is 0 Å². The summed E-state index contributed by atoms with van der Waals surface area (Å²) in [4.78, 5) is 0. The molecule has 6 heteroatoms. The highest BCUT2D eigenvalue weighted by Crippen LogP contribution is 1.95. The zero-order chi connectivity index (χ0) is 11.0. The normalized spacial score (nSPS) is 14.2. The highest BCUT2D eigenvalue weighted by molar-refractivity contribution is 7.89. The Morgan fingerprint density at radius 1 is 1.50 bits per heavy atom. The van der Waals surface area contributed by atoms with E-state index in [4.69, 9.17) is 10.5 Å². The lowest BCUT2D eigenvalue weighted by molar-refractivity contribution is 0.199. The fourth-order valence-corrected chi connectivity index (χ4v) is 2.41. The summed E-state index contributed by atoms with van der Waals surface area (Å²) < 4.78 is 30.1. The molecule has 0 amide bonds. The first kappa shape index (κ1) is 13.8. The molecule has 0 heterocycles. The van der Waals surface area contributed by atoms with Gasteiger partial charge in [0.1, 0.15) is 0 Å². The predicted molar refractivity (Wildman–Crippen MR) is 56.5 cm³/mol. The van der Waals surface area contributed by atoms with Crippen molar-refractivity contribution in [2.24, 2.45) is 5.73 Å². The van der Waals surface area contributed by atoms with Gasteiger partial charge in [-0.2, -0.15) is 0 Å². The van der Waals surface area contributed by atoms with Gasteiger partial charge in [0.2, 0.25) is 10.0 Å². The number of methoxy groups -OCH3 is 1. The molecule has 0 aliphatic carbocycles. The van der Waals surface area contributed by atoms with Crippen molar-refractivity contribution in [3.8, 4) is 0 Å². The molecule has 1 unspecified atom stereocenters. The van der Waals surface area contributed by atoms with Crippen molar-refractivity contribution >= 4 is 10.0 Å². The largest absolute Gasteiger partial charge is 0.385 e. The van der Waals surface area contributed by atoms with Crippen LogP contribution >= 0.6 is 0 Å². The third-order valence-electron chi connectivity index (χ3n) is 1.74. The number of ether oxygens (including phenoxy) is 1. The molecule has 0 spiro atoms. The number of nitrogens with two attached hydrogens (primary N) is 1. The maximum atomic E-state index is 11.4. The second kappa shape index (κ2) is 7.17. The van der Waals surface area contributed by atoms with Crippen molar-refractivity contribution in [2.75, 3.05) is 26.0 Å². The lowest BCUT2D eigenvalue weighted by Gasteiger charge is -2.12. The Balaban J connectivity index is 3.82.